The van der Waals surface area contributed by atoms with E-state index in [9.17, 15) is 13.6 Å². The van der Waals surface area contributed by atoms with E-state index in [0.29, 0.717) is 19.5 Å². The summed E-state index contributed by atoms with van der Waals surface area (Å²) in [5, 5.41) is 11.2. The molecule has 1 amide bonds. The minimum absolute atomic E-state index is 0.0759. The Kier molecular flexibility index (Phi) is 3.42. The third-order valence-electron chi connectivity index (χ3n) is 2.72. The van der Waals surface area contributed by atoms with Gasteiger partial charge in [0.1, 0.15) is 5.69 Å². The molecule has 1 aromatic carbocycles. The van der Waals surface area contributed by atoms with Crippen molar-refractivity contribution in [3.63, 3.8) is 0 Å². The van der Waals surface area contributed by atoms with Gasteiger partial charge < -0.3 is 10.2 Å². The predicted molar refractivity (Wildman–Crippen MR) is 60.9 cm³/mol. The van der Waals surface area contributed by atoms with E-state index in [1.54, 1.807) is 6.07 Å². The summed E-state index contributed by atoms with van der Waals surface area (Å²) in [6.45, 7) is 0.799. The maximum absolute atomic E-state index is 13.8. The molecule has 6 heteroatoms. The summed E-state index contributed by atoms with van der Waals surface area (Å²) >= 11 is 0. The van der Waals surface area contributed by atoms with Gasteiger partial charge in [-0.2, -0.15) is 5.26 Å². The number of amides is 1. The van der Waals surface area contributed by atoms with Crippen LogP contribution in [0.25, 0.3) is 0 Å². The highest BCUT2D eigenvalue weighted by atomic mass is 19.1. The summed E-state index contributed by atoms with van der Waals surface area (Å²) in [4.78, 5) is 12.7. The minimum atomic E-state index is -0.818. The van der Waals surface area contributed by atoms with E-state index in [-0.39, 0.29) is 23.7 Å². The number of rotatable bonds is 1. The van der Waals surface area contributed by atoms with Crippen molar-refractivity contribution in [3.05, 3.63) is 29.3 Å². The molecule has 4 nitrogen and oxygen atoms in total. The van der Waals surface area contributed by atoms with Crippen LogP contribution in [0.1, 0.15) is 12.0 Å². The SMILES string of the molecule is N#Cc1cc(F)c(N2CCCNC(=O)C2)c(F)c1. The average molecular weight is 251 g/mol. The fourth-order valence-electron chi connectivity index (χ4n) is 1.93. The Morgan fingerprint density at radius 2 is 2.00 bits per heavy atom. The van der Waals surface area contributed by atoms with E-state index in [1.807, 2.05) is 0 Å². The smallest absolute Gasteiger partial charge is 0.239 e. The van der Waals surface area contributed by atoms with Crippen LogP contribution < -0.4 is 10.2 Å². The van der Waals surface area contributed by atoms with Gasteiger partial charge in [-0.05, 0) is 18.6 Å². The third-order valence-corrected chi connectivity index (χ3v) is 2.72. The van der Waals surface area contributed by atoms with E-state index < -0.39 is 11.6 Å². The fraction of sp³-hybridized carbons (Fsp3) is 0.333. The summed E-state index contributed by atoms with van der Waals surface area (Å²) in [5.41, 5.74) is -0.320. The number of nitriles is 1. The predicted octanol–water partition coefficient (Wildman–Crippen LogP) is 1.16. The Bertz CT molecular complexity index is 502. The van der Waals surface area contributed by atoms with Gasteiger partial charge in [0.2, 0.25) is 5.91 Å². The van der Waals surface area contributed by atoms with Crippen LogP contribution in [0.15, 0.2) is 12.1 Å². The molecule has 0 saturated carbocycles. The van der Waals surface area contributed by atoms with Gasteiger partial charge in [0.05, 0.1) is 18.2 Å². The van der Waals surface area contributed by atoms with Crippen LogP contribution in [0, 0.1) is 23.0 Å². The van der Waals surface area contributed by atoms with Crippen LogP contribution in [0.5, 0.6) is 0 Å². The summed E-state index contributed by atoms with van der Waals surface area (Å²) in [6, 6.07) is 3.63. The Balaban J connectivity index is 2.38. The lowest BCUT2D eigenvalue weighted by atomic mass is 10.2. The highest BCUT2D eigenvalue weighted by molar-refractivity contribution is 5.81. The maximum atomic E-state index is 13.8. The first-order valence-corrected chi connectivity index (χ1v) is 5.52. The number of carbonyl (C=O) groups is 1. The first-order chi connectivity index (χ1) is 8.61. The topological polar surface area (TPSA) is 56.1 Å². The minimum Gasteiger partial charge on any atom is -0.357 e. The van der Waals surface area contributed by atoms with Gasteiger partial charge >= 0.3 is 0 Å². The zero-order valence-corrected chi connectivity index (χ0v) is 9.54. The number of hydrogen-bond donors (Lipinski definition) is 1. The molecule has 0 unspecified atom stereocenters. The van der Waals surface area contributed by atoms with Crippen molar-refractivity contribution in [2.75, 3.05) is 24.5 Å². The Labute approximate surface area is 103 Å². The van der Waals surface area contributed by atoms with Crippen LogP contribution in [0.2, 0.25) is 0 Å². The van der Waals surface area contributed by atoms with Gasteiger partial charge in [-0.15, -0.1) is 0 Å². The van der Waals surface area contributed by atoms with Crippen LogP contribution in [-0.2, 0) is 4.79 Å². The molecule has 1 aromatic rings. The second-order valence-corrected chi connectivity index (χ2v) is 4.03. The highest BCUT2D eigenvalue weighted by Gasteiger charge is 2.22. The van der Waals surface area contributed by atoms with Gasteiger partial charge in [-0.3, -0.25) is 4.79 Å². The zero-order chi connectivity index (χ0) is 13.1. The quantitative estimate of drug-likeness (QED) is 0.815. The molecular formula is C12H11F2N3O. The molecular weight excluding hydrogens is 240 g/mol. The summed E-state index contributed by atoms with van der Waals surface area (Å²) in [6.07, 6.45) is 0.616. The molecule has 2 rings (SSSR count). The lowest BCUT2D eigenvalue weighted by Crippen LogP contribution is -2.34. The second kappa shape index (κ2) is 5.00. The third kappa shape index (κ3) is 2.40. The van der Waals surface area contributed by atoms with Gasteiger partial charge in [0.25, 0.3) is 0 Å². The molecule has 94 valence electrons. The van der Waals surface area contributed by atoms with Gasteiger partial charge in [0, 0.05) is 13.1 Å². The number of anilines is 1. The monoisotopic (exact) mass is 251 g/mol. The molecule has 0 spiro atoms. The zero-order valence-electron chi connectivity index (χ0n) is 9.54. The maximum Gasteiger partial charge on any atom is 0.239 e. The number of hydrogen-bond acceptors (Lipinski definition) is 3. The van der Waals surface area contributed by atoms with Crippen molar-refractivity contribution in [2.45, 2.75) is 6.42 Å². The highest BCUT2D eigenvalue weighted by Crippen LogP contribution is 2.25. The van der Waals surface area contributed by atoms with E-state index >= 15 is 0 Å². The van der Waals surface area contributed by atoms with Crippen LogP contribution in [0.4, 0.5) is 14.5 Å². The van der Waals surface area contributed by atoms with Crippen molar-refractivity contribution in [1.82, 2.24) is 5.32 Å². The number of benzene rings is 1. The molecule has 0 atom stereocenters. The molecule has 18 heavy (non-hydrogen) atoms. The lowest BCUT2D eigenvalue weighted by molar-refractivity contribution is -0.119. The van der Waals surface area contributed by atoms with Crippen molar-refractivity contribution >= 4 is 11.6 Å². The summed E-state index contributed by atoms with van der Waals surface area (Å²) < 4.78 is 27.6. The molecule has 1 N–H and O–H groups in total. The molecule has 1 heterocycles. The Hall–Kier alpha value is -2.16. The standard InChI is InChI=1S/C12H11F2N3O/c13-9-4-8(6-15)5-10(14)12(9)17-3-1-2-16-11(18)7-17/h4-5H,1-3,7H2,(H,16,18). The number of halogens is 2. The number of nitrogens with zero attached hydrogens (tertiary/aromatic N) is 2. The van der Waals surface area contributed by atoms with Crippen molar-refractivity contribution in [1.29, 1.82) is 5.26 Å². The van der Waals surface area contributed by atoms with Crippen LogP contribution >= 0.6 is 0 Å². The summed E-state index contributed by atoms with van der Waals surface area (Å²) in [7, 11) is 0. The van der Waals surface area contributed by atoms with E-state index in [4.69, 9.17) is 5.26 Å². The van der Waals surface area contributed by atoms with E-state index in [1.165, 1.54) is 4.90 Å². The second-order valence-electron chi connectivity index (χ2n) is 4.03. The van der Waals surface area contributed by atoms with E-state index in [0.717, 1.165) is 12.1 Å². The molecule has 1 aliphatic rings. The fourth-order valence-corrected chi connectivity index (χ4v) is 1.93. The first kappa shape index (κ1) is 12.3. The number of carbonyl (C=O) groups excluding carboxylic acids is 1. The normalized spacial score (nSPS) is 15.8. The Morgan fingerprint density at radius 1 is 1.33 bits per heavy atom. The molecule has 0 bridgehead atoms. The van der Waals surface area contributed by atoms with Gasteiger partial charge in [-0.25, -0.2) is 8.78 Å². The van der Waals surface area contributed by atoms with Crippen molar-refractivity contribution in [3.8, 4) is 6.07 Å². The van der Waals surface area contributed by atoms with Crippen molar-refractivity contribution in [2.24, 2.45) is 0 Å². The molecule has 0 radical (unpaired) electrons. The van der Waals surface area contributed by atoms with Crippen molar-refractivity contribution < 1.29 is 13.6 Å². The van der Waals surface area contributed by atoms with Crippen LogP contribution in [-0.4, -0.2) is 25.5 Å². The Morgan fingerprint density at radius 3 is 2.61 bits per heavy atom. The first-order valence-electron chi connectivity index (χ1n) is 5.52. The molecule has 1 aliphatic heterocycles. The average Bonchev–Trinajstić information content (AvgIpc) is 2.53. The van der Waals surface area contributed by atoms with Crippen LogP contribution in [0.3, 0.4) is 0 Å². The summed E-state index contributed by atoms with van der Waals surface area (Å²) in [5.74, 6) is -1.90. The molecule has 1 saturated heterocycles. The molecule has 1 fully saturated rings. The lowest BCUT2D eigenvalue weighted by Gasteiger charge is -2.22. The van der Waals surface area contributed by atoms with Gasteiger partial charge in [-0.1, -0.05) is 0 Å². The number of nitrogens with one attached hydrogen (secondary N) is 1. The van der Waals surface area contributed by atoms with E-state index in [2.05, 4.69) is 5.32 Å². The molecule has 0 aliphatic carbocycles. The molecule has 0 aromatic heterocycles. The largest absolute Gasteiger partial charge is 0.357 e. The van der Waals surface area contributed by atoms with Gasteiger partial charge in [0.15, 0.2) is 11.6 Å².